The standard InChI is InChI=1S/C20H16ClN3O2/c1-20(15-9-2-3-10-16(15)21)18(25)24(19(26)23-20)12-14-7-4-6-13-8-5-11-22-17(13)14/h2-11H,12H2,1H3,(H,23,26). The third-order valence-corrected chi connectivity index (χ3v) is 5.06. The van der Waals surface area contributed by atoms with E-state index in [9.17, 15) is 9.59 Å². The van der Waals surface area contributed by atoms with E-state index in [2.05, 4.69) is 10.3 Å². The van der Waals surface area contributed by atoms with Gasteiger partial charge < -0.3 is 5.32 Å². The van der Waals surface area contributed by atoms with E-state index in [1.807, 2.05) is 30.3 Å². The summed E-state index contributed by atoms with van der Waals surface area (Å²) in [4.78, 5) is 31.3. The molecule has 1 unspecified atom stereocenters. The molecular weight excluding hydrogens is 350 g/mol. The second-order valence-corrected chi connectivity index (χ2v) is 6.83. The lowest BCUT2D eigenvalue weighted by molar-refractivity contribution is -0.131. The van der Waals surface area contributed by atoms with E-state index in [0.29, 0.717) is 10.6 Å². The molecule has 0 bridgehead atoms. The van der Waals surface area contributed by atoms with E-state index in [-0.39, 0.29) is 12.5 Å². The molecule has 3 amide bonds. The first-order chi connectivity index (χ1) is 12.5. The average Bonchev–Trinajstić information content (AvgIpc) is 2.86. The first-order valence-corrected chi connectivity index (χ1v) is 8.60. The molecule has 1 fully saturated rings. The number of hydrogen-bond donors (Lipinski definition) is 1. The Hall–Kier alpha value is -2.92. The molecule has 3 aromatic rings. The van der Waals surface area contributed by atoms with Crippen LogP contribution in [0.2, 0.25) is 5.02 Å². The number of nitrogens with one attached hydrogen (secondary N) is 1. The molecule has 0 saturated carbocycles. The van der Waals surface area contributed by atoms with Gasteiger partial charge in [0.15, 0.2) is 0 Å². The van der Waals surface area contributed by atoms with Gasteiger partial charge in [-0.2, -0.15) is 0 Å². The van der Waals surface area contributed by atoms with E-state index in [0.717, 1.165) is 16.5 Å². The van der Waals surface area contributed by atoms with Crippen molar-refractivity contribution in [3.63, 3.8) is 0 Å². The Morgan fingerprint density at radius 2 is 1.85 bits per heavy atom. The molecule has 2 heterocycles. The summed E-state index contributed by atoms with van der Waals surface area (Å²) in [6.07, 6.45) is 1.70. The number of fused-ring (bicyclic) bond motifs is 1. The molecule has 130 valence electrons. The first-order valence-electron chi connectivity index (χ1n) is 8.22. The summed E-state index contributed by atoms with van der Waals surface area (Å²) in [5.74, 6) is -0.330. The number of amides is 3. The predicted molar refractivity (Wildman–Crippen MR) is 99.6 cm³/mol. The molecule has 2 aromatic carbocycles. The molecule has 1 atom stereocenters. The van der Waals surface area contributed by atoms with Gasteiger partial charge in [0, 0.05) is 22.2 Å². The highest BCUT2D eigenvalue weighted by atomic mass is 35.5. The molecular formula is C20H16ClN3O2. The lowest BCUT2D eigenvalue weighted by atomic mass is 9.92. The monoisotopic (exact) mass is 365 g/mol. The number of para-hydroxylation sites is 1. The number of rotatable bonds is 3. The second-order valence-electron chi connectivity index (χ2n) is 6.42. The van der Waals surface area contributed by atoms with Crippen LogP contribution in [-0.2, 0) is 16.9 Å². The van der Waals surface area contributed by atoms with Gasteiger partial charge in [-0.05, 0) is 24.6 Å². The number of hydrogen-bond acceptors (Lipinski definition) is 3. The summed E-state index contributed by atoms with van der Waals surface area (Å²) in [5.41, 5.74) is 0.989. The third kappa shape index (κ3) is 2.52. The minimum absolute atomic E-state index is 0.152. The lowest BCUT2D eigenvalue weighted by Gasteiger charge is -2.23. The fraction of sp³-hybridized carbons (Fsp3) is 0.150. The third-order valence-electron chi connectivity index (χ3n) is 4.73. The number of imide groups is 1. The molecule has 1 aliphatic heterocycles. The number of aromatic nitrogens is 1. The molecule has 0 spiro atoms. The normalized spacial score (nSPS) is 19.8. The number of halogens is 1. The Morgan fingerprint density at radius 1 is 1.08 bits per heavy atom. The van der Waals surface area contributed by atoms with Gasteiger partial charge in [0.1, 0.15) is 5.54 Å². The minimum Gasteiger partial charge on any atom is -0.319 e. The molecule has 5 nitrogen and oxygen atoms in total. The highest BCUT2D eigenvalue weighted by molar-refractivity contribution is 6.32. The van der Waals surface area contributed by atoms with Gasteiger partial charge in [-0.25, -0.2) is 4.79 Å². The van der Waals surface area contributed by atoms with Gasteiger partial charge in [0.2, 0.25) is 0 Å². The van der Waals surface area contributed by atoms with Crippen LogP contribution < -0.4 is 5.32 Å². The van der Waals surface area contributed by atoms with Crippen LogP contribution in [-0.4, -0.2) is 21.8 Å². The zero-order valence-electron chi connectivity index (χ0n) is 14.1. The van der Waals surface area contributed by atoms with Crippen LogP contribution in [0.3, 0.4) is 0 Å². The number of carbonyl (C=O) groups is 2. The van der Waals surface area contributed by atoms with E-state index < -0.39 is 11.6 Å². The quantitative estimate of drug-likeness (QED) is 0.717. The van der Waals surface area contributed by atoms with Crippen molar-refractivity contribution in [1.82, 2.24) is 15.2 Å². The summed E-state index contributed by atoms with van der Waals surface area (Å²) in [6.45, 7) is 1.83. The molecule has 0 radical (unpaired) electrons. The number of benzene rings is 2. The number of urea groups is 1. The smallest absolute Gasteiger partial charge is 0.319 e. The van der Waals surface area contributed by atoms with E-state index in [1.165, 1.54) is 4.90 Å². The second kappa shape index (κ2) is 6.11. The minimum atomic E-state index is -1.19. The van der Waals surface area contributed by atoms with Crippen LogP contribution in [0.1, 0.15) is 18.1 Å². The van der Waals surface area contributed by atoms with Crippen molar-refractivity contribution in [3.05, 3.63) is 76.9 Å². The highest BCUT2D eigenvalue weighted by Crippen LogP contribution is 2.34. The summed E-state index contributed by atoms with van der Waals surface area (Å²) in [7, 11) is 0. The van der Waals surface area contributed by atoms with Gasteiger partial charge in [-0.1, -0.05) is 54.1 Å². The summed E-state index contributed by atoms with van der Waals surface area (Å²) >= 11 is 6.26. The topological polar surface area (TPSA) is 62.3 Å². The predicted octanol–water partition coefficient (Wildman–Crippen LogP) is 3.86. The first kappa shape index (κ1) is 16.5. The van der Waals surface area contributed by atoms with Crippen molar-refractivity contribution in [2.75, 3.05) is 0 Å². The fourth-order valence-corrected chi connectivity index (χ4v) is 3.68. The summed E-state index contributed by atoms with van der Waals surface area (Å²) < 4.78 is 0. The van der Waals surface area contributed by atoms with Crippen LogP contribution in [0.4, 0.5) is 4.79 Å². The van der Waals surface area contributed by atoms with Gasteiger partial charge >= 0.3 is 6.03 Å². The van der Waals surface area contributed by atoms with E-state index in [4.69, 9.17) is 11.6 Å². The van der Waals surface area contributed by atoms with Crippen LogP contribution in [0.25, 0.3) is 10.9 Å². The largest absolute Gasteiger partial charge is 0.325 e. The van der Waals surface area contributed by atoms with Crippen LogP contribution in [0.5, 0.6) is 0 Å². The average molecular weight is 366 g/mol. The number of nitrogens with zero attached hydrogens (tertiary/aromatic N) is 2. The molecule has 26 heavy (non-hydrogen) atoms. The lowest BCUT2D eigenvalue weighted by Crippen LogP contribution is -2.41. The molecule has 0 aliphatic carbocycles. The molecule has 1 aliphatic rings. The Balaban J connectivity index is 1.71. The molecule has 6 heteroatoms. The Kier molecular flexibility index (Phi) is 3.89. The van der Waals surface area contributed by atoms with Crippen LogP contribution in [0, 0.1) is 0 Å². The van der Waals surface area contributed by atoms with Crippen LogP contribution in [0.15, 0.2) is 60.8 Å². The summed E-state index contributed by atoms with van der Waals surface area (Å²) in [6, 6.07) is 16.1. The van der Waals surface area contributed by atoms with Crippen molar-refractivity contribution in [3.8, 4) is 0 Å². The zero-order valence-corrected chi connectivity index (χ0v) is 14.8. The van der Waals surface area contributed by atoms with Crippen molar-refractivity contribution >= 4 is 34.4 Å². The van der Waals surface area contributed by atoms with E-state index >= 15 is 0 Å². The van der Waals surface area contributed by atoms with Gasteiger partial charge in [0.05, 0.1) is 12.1 Å². The maximum absolute atomic E-state index is 13.1. The maximum Gasteiger partial charge on any atom is 0.325 e. The van der Waals surface area contributed by atoms with Crippen molar-refractivity contribution in [2.24, 2.45) is 0 Å². The van der Waals surface area contributed by atoms with Gasteiger partial charge in [0.25, 0.3) is 5.91 Å². The SMILES string of the molecule is CC1(c2ccccc2Cl)NC(=O)N(Cc2cccc3cccnc23)C1=O. The maximum atomic E-state index is 13.1. The van der Waals surface area contributed by atoms with Crippen LogP contribution >= 0.6 is 11.6 Å². The Morgan fingerprint density at radius 3 is 2.65 bits per heavy atom. The Bertz CT molecular complexity index is 1030. The van der Waals surface area contributed by atoms with Gasteiger partial charge in [-0.15, -0.1) is 0 Å². The molecule has 1 saturated heterocycles. The van der Waals surface area contributed by atoms with E-state index in [1.54, 1.807) is 37.4 Å². The fourth-order valence-electron chi connectivity index (χ4n) is 3.36. The van der Waals surface area contributed by atoms with Crippen molar-refractivity contribution in [2.45, 2.75) is 19.0 Å². The number of carbonyl (C=O) groups excluding carboxylic acids is 2. The highest BCUT2D eigenvalue weighted by Gasteiger charge is 2.49. The van der Waals surface area contributed by atoms with Crippen molar-refractivity contribution < 1.29 is 9.59 Å². The molecule has 4 rings (SSSR count). The van der Waals surface area contributed by atoms with Gasteiger partial charge in [-0.3, -0.25) is 14.7 Å². The zero-order chi connectivity index (χ0) is 18.3. The molecule has 1 N–H and O–H groups in total. The van der Waals surface area contributed by atoms with Crippen molar-refractivity contribution in [1.29, 1.82) is 0 Å². The Labute approximate surface area is 155 Å². The summed E-state index contributed by atoms with van der Waals surface area (Å²) in [5, 5.41) is 4.19. The molecule has 1 aromatic heterocycles. The number of pyridine rings is 1.